The Kier molecular flexibility index (Phi) is 9.46. The summed E-state index contributed by atoms with van der Waals surface area (Å²) < 4.78 is 4.85. The first kappa shape index (κ1) is 24.1. The van der Waals surface area contributed by atoms with Crippen LogP contribution in [0.25, 0.3) is 0 Å². The van der Waals surface area contributed by atoms with E-state index in [1.165, 1.54) is 0 Å². The smallest absolute Gasteiger partial charge is 0.408 e. The predicted molar refractivity (Wildman–Crippen MR) is 119 cm³/mol. The van der Waals surface area contributed by atoms with Crippen molar-refractivity contribution in [3.63, 3.8) is 0 Å². The van der Waals surface area contributed by atoms with Crippen LogP contribution in [0, 0.1) is 0 Å². The first-order valence-electron chi connectivity index (χ1n) is 8.75. The highest BCUT2D eigenvalue weighted by molar-refractivity contribution is 8.99. The van der Waals surface area contributed by atoms with Gasteiger partial charge in [0.05, 0.1) is 4.75 Å². The van der Waals surface area contributed by atoms with Crippen LogP contribution in [0.4, 0.5) is 4.79 Å². The van der Waals surface area contributed by atoms with Gasteiger partial charge in [-0.1, -0.05) is 51.5 Å². The summed E-state index contributed by atoms with van der Waals surface area (Å²) in [5, 5.41) is 5.71. The molecule has 152 valence electrons. The number of ether oxygens (including phenoxy) is 1. The molecule has 0 aliphatic carbocycles. The second-order valence-corrected chi connectivity index (χ2v) is 15.3. The minimum Gasteiger partial charge on any atom is -0.444 e. The molecule has 27 heavy (non-hydrogen) atoms. The maximum atomic E-state index is 12.9. The fourth-order valence-corrected chi connectivity index (χ4v) is 7.07. The molecule has 0 aliphatic heterocycles. The molecule has 2 amide bonds. The number of hydrogen-bond donors (Lipinski definition) is 2. The standard InChI is InChI=1S/C19H31N2O3PS2/c1-18(2,3)24-17(23)21-15(19(4,5)26-27-25(6)7)16(22)20-13-14-11-9-8-10-12-14/h8-12,15H,13H2,1-7H3,(H,20,22)(H,21,23)/t15-/m0/s1. The summed E-state index contributed by atoms with van der Waals surface area (Å²) in [7, 11) is 3.18. The van der Waals surface area contributed by atoms with Crippen molar-refractivity contribution < 1.29 is 14.3 Å². The van der Waals surface area contributed by atoms with Crippen molar-refractivity contribution in [1.82, 2.24) is 10.6 Å². The third-order valence-electron chi connectivity index (χ3n) is 3.33. The van der Waals surface area contributed by atoms with Crippen LogP contribution in [0.3, 0.4) is 0 Å². The van der Waals surface area contributed by atoms with Crippen LogP contribution in [0.1, 0.15) is 40.2 Å². The molecule has 0 unspecified atom stereocenters. The van der Waals surface area contributed by atoms with Crippen LogP contribution >= 0.6 is 28.3 Å². The Morgan fingerprint density at radius 3 is 2.22 bits per heavy atom. The number of alkyl carbamates (subject to hydrolysis) is 1. The summed E-state index contributed by atoms with van der Waals surface area (Å²) in [6.07, 6.45) is -0.587. The molecule has 0 bridgehead atoms. The van der Waals surface area contributed by atoms with E-state index in [0.717, 1.165) is 5.56 Å². The lowest BCUT2D eigenvalue weighted by atomic mass is 10.0. The van der Waals surface area contributed by atoms with Gasteiger partial charge in [0.15, 0.2) is 0 Å². The average molecular weight is 431 g/mol. The Bertz CT molecular complexity index is 619. The van der Waals surface area contributed by atoms with E-state index >= 15 is 0 Å². The van der Waals surface area contributed by atoms with Gasteiger partial charge in [0.2, 0.25) is 5.91 Å². The lowest BCUT2D eigenvalue weighted by Gasteiger charge is -2.33. The minimum absolute atomic E-state index is 0.191. The summed E-state index contributed by atoms with van der Waals surface area (Å²) in [4.78, 5) is 25.2. The van der Waals surface area contributed by atoms with Crippen LogP contribution in [-0.4, -0.2) is 41.7 Å². The van der Waals surface area contributed by atoms with Crippen molar-refractivity contribution in [2.75, 3.05) is 13.3 Å². The Morgan fingerprint density at radius 2 is 1.70 bits per heavy atom. The highest BCUT2D eigenvalue weighted by Gasteiger charge is 2.38. The van der Waals surface area contributed by atoms with Crippen LogP contribution in [-0.2, 0) is 16.1 Å². The predicted octanol–water partition coefficient (Wildman–Crippen LogP) is 5.01. The van der Waals surface area contributed by atoms with Crippen molar-refractivity contribution in [3.8, 4) is 0 Å². The molecule has 0 radical (unpaired) electrons. The second kappa shape index (κ2) is 10.6. The third kappa shape index (κ3) is 9.72. The molecule has 1 aromatic rings. The summed E-state index contributed by atoms with van der Waals surface area (Å²) in [6.45, 7) is 14.1. The van der Waals surface area contributed by atoms with Crippen LogP contribution in [0.5, 0.6) is 0 Å². The van der Waals surface area contributed by atoms with Gasteiger partial charge in [0, 0.05) is 6.54 Å². The van der Waals surface area contributed by atoms with E-state index in [-0.39, 0.29) is 13.0 Å². The molecule has 1 atom stereocenters. The molecule has 0 aromatic heterocycles. The highest BCUT2D eigenvalue weighted by Crippen LogP contribution is 2.55. The zero-order valence-electron chi connectivity index (χ0n) is 17.2. The average Bonchev–Trinajstić information content (AvgIpc) is 2.55. The zero-order valence-corrected chi connectivity index (χ0v) is 19.7. The highest BCUT2D eigenvalue weighted by atomic mass is 33.3. The summed E-state index contributed by atoms with van der Waals surface area (Å²) in [6, 6.07) is 8.98. The SMILES string of the molecule is CP(C)SSC(C)(C)[C@@H](NC(=O)OC(C)(C)C)C(=O)NCc1ccccc1. The maximum absolute atomic E-state index is 12.9. The molecule has 0 heterocycles. The number of nitrogens with one attached hydrogen (secondary N) is 2. The van der Waals surface area contributed by atoms with Crippen LogP contribution in [0.15, 0.2) is 30.3 Å². The summed E-state index contributed by atoms with van der Waals surface area (Å²) in [5.41, 5.74) is 0.384. The topological polar surface area (TPSA) is 67.4 Å². The Labute approximate surface area is 172 Å². The van der Waals surface area contributed by atoms with Gasteiger partial charge in [0.25, 0.3) is 0 Å². The third-order valence-corrected chi connectivity index (χ3v) is 10.1. The number of rotatable bonds is 8. The molecule has 2 N–H and O–H groups in total. The Hall–Kier alpha value is -0.910. The zero-order chi connectivity index (χ0) is 20.7. The lowest BCUT2D eigenvalue weighted by molar-refractivity contribution is -0.123. The summed E-state index contributed by atoms with van der Waals surface area (Å²) in [5.74, 6) is -0.223. The molecular weight excluding hydrogens is 399 g/mol. The Balaban J connectivity index is 2.87. The molecule has 0 fully saturated rings. The fraction of sp³-hybridized carbons (Fsp3) is 0.579. The lowest BCUT2D eigenvalue weighted by Crippen LogP contribution is -2.56. The van der Waals surface area contributed by atoms with Gasteiger partial charge >= 0.3 is 6.09 Å². The molecule has 0 saturated heterocycles. The van der Waals surface area contributed by atoms with E-state index in [0.29, 0.717) is 6.54 Å². The van der Waals surface area contributed by atoms with Gasteiger partial charge < -0.3 is 15.4 Å². The van der Waals surface area contributed by atoms with Gasteiger partial charge in [-0.05, 0) is 60.6 Å². The normalized spacial score (nSPS) is 13.2. The second-order valence-electron chi connectivity index (χ2n) is 7.86. The molecule has 1 aromatic carbocycles. The van der Waals surface area contributed by atoms with E-state index < -0.39 is 22.5 Å². The van der Waals surface area contributed by atoms with E-state index in [2.05, 4.69) is 24.0 Å². The monoisotopic (exact) mass is 430 g/mol. The quantitative estimate of drug-likeness (QED) is 0.448. The van der Waals surface area contributed by atoms with Gasteiger partial charge in [-0.15, -0.1) is 0 Å². The van der Waals surface area contributed by atoms with Crippen molar-refractivity contribution >= 4 is 40.3 Å². The molecule has 8 heteroatoms. The number of carbonyl (C=O) groups excluding carboxylic acids is 2. The first-order valence-corrected chi connectivity index (χ1v) is 13.7. The van der Waals surface area contributed by atoms with Crippen molar-refractivity contribution in [1.29, 1.82) is 0 Å². The molecular formula is C19H31N2O3PS2. The van der Waals surface area contributed by atoms with Crippen molar-refractivity contribution in [3.05, 3.63) is 35.9 Å². The Morgan fingerprint density at radius 1 is 1.11 bits per heavy atom. The van der Waals surface area contributed by atoms with Gasteiger partial charge in [0.1, 0.15) is 11.6 Å². The largest absolute Gasteiger partial charge is 0.444 e. The molecule has 1 rings (SSSR count). The van der Waals surface area contributed by atoms with Crippen molar-refractivity contribution in [2.24, 2.45) is 0 Å². The van der Waals surface area contributed by atoms with Gasteiger partial charge in [-0.3, -0.25) is 4.79 Å². The molecule has 5 nitrogen and oxygen atoms in total. The molecule has 0 saturated carbocycles. The number of carbonyl (C=O) groups is 2. The maximum Gasteiger partial charge on any atom is 0.408 e. The number of amides is 2. The van der Waals surface area contributed by atoms with Crippen molar-refractivity contribution in [2.45, 2.75) is 57.6 Å². The van der Waals surface area contributed by atoms with E-state index in [4.69, 9.17) is 4.74 Å². The fourth-order valence-electron chi connectivity index (χ4n) is 2.09. The van der Waals surface area contributed by atoms with Gasteiger partial charge in [-0.2, -0.15) is 0 Å². The van der Waals surface area contributed by atoms with E-state index in [9.17, 15) is 9.59 Å². The van der Waals surface area contributed by atoms with E-state index in [1.54, 1.807) is 42.0 Å². The van der Waals surface area contributed by atoms with E-state index in [1.807, 2.05) is 44.2 Å². The summed E-state index contributed by atoms with van der Waals surface area (Å²) >= 11 is 0. The molecule has 0 aliphatic rings. The number of benzene rings is 1. The molecule has 0 spiro atoms. The van der Waals surface area contributed by atoms with Crippen LogP contribution < -0.4 is 10.6 Å². The van der Waals surface area contributed by atoms with Gasteiger partial charge in [-0.25, -0.2) is 4.79 Å². The van der Waals surface area contributed by atoms with Crippen LogP contribution in [0.2, 0.25) is 0 Å². The first-order chi connectivity index (χ1) is 12.4. The number of hydrogen-bond acceptors (Lipinski definition) is 5. The minimum atomic E-state index is -0.719.